The molecule has 0 unspecified atom stereocenters. The van der Waals surface area contributed by atoms with Crippen LogP contribution in [0.25, 0.3) is 5.57 Å². The number of carboxylic acid groups (broad SMARTS) is 1. The predicted molar refractivity (Wildman–Crippen MR) is 102 cm³/mol. The number of nitrogens with zero attached hydrogens (tertiary/aromatic N) is 1. The maximum Gasteiger partial charge on any atom is 0.347 e. The van der Waals surface area contributed by atoms with Gasteiger partial charge in [0, 0.05) is 12.5 Å². The largest absolute Gasteiger partial charge is 0.477 e. The van der Waals surface area contributed by atoms with E-state index < -0.39 is 5.97 Å². The molecule has 0 fully saturated rings. The average Bonchev–Trinajstić information content (AvgIpc) is 2.66. The monoisotopic (exact) mass is 363 g/mol. The number of ether oxygens (including phenoxy) is 1. The van der Waals surface area contributed by atoms with Crippen LogP contribution >= 0.6 is 0 Å². The Bertz CT molecular complexity index is 861. The summed E-state index contributed by atoms with van der Waals surface area (Å²) >= 11 is 0. The number of aliphatic carboxylic acids is 1. The van der Waals surface area contributed by atoms with Gasteiger partial charge in [-0.05, 0) is 36.0 Å². The molecule has 0 aliphatic rings. The average molecular weight is 363 g/mol. The molecule has 0 atom stereocenters. The van der Waals surface area contributed by atoms with Crippen LogP contribution in [0.1, 0.15) is 36.5 Å². The standard InChI is InChI=1S/C22H21NO4/c1-16(24)27-14-6-5-7-17-10-12-19(13-11-17)21(20(15-23)22(25)26)18-8-3-2-4-9-18/h2-4,8-13H,5-7,14H2,1H3,(H,25,26). The molecule has 1 N–H and O–H groups in total. The number of carbonyl (C=O) groups excluding carboxylic acids is 1. The minimum atomic E-state index is -1.24. The molecule has 0 aliphatic heterocycles. The zero-order valence-electron chi connectivity index (χ0n) is 15.1. The summed E-state index contributed by atoms with van der Waals surface area (Å²) in [6, 6.07) is 18.4. The topological polar surface area (TPSA) is 87.4 Å². The van der Waals surface area contributed by atoms with Crippen molar-refractivity contribution in [3.05, 3.63) is 76.9 Å². The van der Waals surface area contributed by atoms with Gasteiger partial charge < -0.3 is 9.84 Å². The molecule has 2 aromatic rings. The van der Waals surface area contributed by atoms with Crippen molar-refractivity contribution < 1.29 is 19.4 Å². The molecule has 2 aromatic carbocycles. The molecular formula is C22H21NO4. The first-order valence-corrected chi connectivity index (χ1v) is 8.68. The Hall–Kier alpha value is -3.39. The summed E-state index contributed by atoms with van der Waals surface area (Å²) in [5.41, 5.74) is 2.60. The van der Waals surface area contributed by atoms with Crippen LogP contribution in [0.4, 0.5) is 0 Å². The lowest BCUT2D eigenvalue weighted by Crippen LogP contribution is -2.04. The van der Waals surface area contributed by atoms with Gasteiger partial charge in [0.15, 0.2) is 0 Å². The SMILES string of the molecule is CC(=O)OCCCCc1ccc(C(=C(C#N)C(=O)O)c2ccccc2)cc1. The van der Waals surface area contributed by atoms with Crippen LogP contribution in [-0.4, -0.2) is 23.7 Å². The van der Waals surface area contributed by atoms with E-state index in [1.807, 2.05) is 48.5 Å². The first kappa shape index (κ1) is 19.9. The molecule has 0 aliphatic carbocycles. The fourth-order valence-electron chi connectivity index (χ4n) is 2.76. The number of hydrogen-bond donors (Lipinski definition) is 1. The molecular weight excluding hydrogens is 342 g/mol. The Balaban J connectivity index is 2.20. The molecule has 5 heteroatoms. The lowest BCUT2D eigenvalue weighted by Gasteiger charge is -2.11. The minimum absolute atomic E-state index is 0.272. The van der Waals surface area contributed by atoms with Crippen molar-refractivity contribution in [2.24, 2.45) is 0 Å². The molecule has 5 nitrogen and oxygen atoms in total. The van der Waals surface area contributed by atoms with E-state index >= 15 is 0 Å². The molecule has 27 heavy (non-hydrogen) atoms. The van der Waals surface area contributed by atoms with Gasteiger partial charge in [0.2, 0.25) is 0 Å². The quantitative estimate of drug-likeness (QED) is 0.332. The zero-order valence-corrected chi connectivity index (χ0v) is 15.1. The Morgan fingerprint density at radius 2 is 1.63 bits per heavy atom. The Morgan fingerprint density at radius 1 is 1.00 bits per heavy atom. The number of benzene rings is 2. The Labute approximate surface area is 158 Å². The van der Waals surface area contributed by atoms with Crippen molar-refractivity contribution in [2.75, 3.05) is 6.61 Å². The van der Waals surface area contributed by atoms with Gasteiger partial charge in [0.25, 0.3) is 0 Å². The summed E-state index contributed by atoms with van der Waals surface area (Å²) < 4.78 is 4.91. The molecule has 138 valence electrons. The highest BCUT2D eigenvalue weighted by Crippen LogP contribution is 2.27. The second kappa shape index (κ2) is 9.93. The minimum Gasteiger partial charge on any atom is -0.477 e. The van der Waals surface area contributed by atoms with E-state index in [2.05, 4.69) is 0 Å². The molecule has 0 aromatic heterocycles. The van der Waals surface area contributed by atoms with Crippen molar-refractivity contribution in [3.8, 4) is 6.07 Å². The summed E-state index contributed by atoms with van der Waals surface area (Å²) in [5, 5.41) is 18.7. The number of aryl methyl sites for hydroxylation is 1. The lowest BCUT2D eigenvalue weighted by molar-refractivity contribution is -0.141. The van der Waals surface area contributed by atoms with Gasteiger partial charge in [0.05, 0.1) is 6.61 Å². The van der Waals surface area contributed by atoms with Gasteiger partial charge in [-0.15, -0.1) is 0 Å². The third-order valence-electron chi connectivity index (χ3n) is 4.05. The van der Waals surface area contributed by atoms with Crippen LogP contribution in [0.5, 0.6) is 0 Å². The van der Waals surface area contributed by atoms with Gasteiger partial charge in [-0.2, -0.15) is 5.26 Å². The Kier molecular flexibility index (Phi) is 7.33. The highest BCUT2D eigenvalue weighted by atomic mass is 16.5. The molecule has 2 rings (SSSR count). The van der Waals surface area contributed by atoms with Crippen LogP contribution in [0, 0.1) is 11.3 Å². The van der Waals surface area contributed by atoms with Crippen molar-refractivity contribution in [1.29, 1.82) is 5.26 Å². The number of rotatable bonds is 8. The zero-order chi connectivity index (χ0) is 19.6. The van der Waals surface area contributed by atoms with Crippen LogP contribution in [0.3, 0.4) is 0 Å². The van der Waals surface area contributed by atoms with Crippen LogP contribution in [0.2, 0.25) is 0 Å². The first-order chi connectivity index (χ1) is 13.0. The fourth-order valence-corrected chi connectivity index (χ4v) is 2.76. The maximum absolute atomic E-state index is 11.5. The van der Waals surface area contributed by atoms with Gasteiger partial charge in [0.1, 0.15) is 11.6 Å². The number of carbonyl (C=O) groups is 2. The van der Waals surface area contributed by atoms with Crippen LogP contribution < -0.4 is 0 Å². The van der Waals surface area contributed by atoms with E-state index in [0.717, 1.165) is 24.8 Å². The maximum atomic E-state index is 11.5. The first-order valence-electron chi connectivity index (χ1n) is 8.68. The van der Waals surface area contributed by atoms with Gasteiger partial charge >= 0.3 is 11.9 Å². The summed E-state index contributed by atoms with van der Waals surface area (Å²) in [7, 11) is 0. The van der Waals surface area contributed by atoms with Crippen LogP contribution in [-0.2, 0) is 20.7 Å². The van der Waals surface area contributed by atoms with E-state index in [1.165, 1.54) is 6.92 Å². The fraction of sp³-hybridized carbons (Fsp3) is 0.227. The molecule has 0 saturated carbocycles. The van der Waals surface area contributed by atoms with Crippen molar-refractivity contribution >= 4 is 17.5 Å². The van der Waals surface area contributed by atoms with E-state index in [-0.39, 0.29) is 11.5 Å². The van der Waals surface area contributed by atoms with Gasteiger partial charge in [-0.25, -0.2) is 4.79 Å². The van der Waals surface area contributed by atoms with E-state index in [0.29, 0.717) is 23.3 Å². The normalized spacial score (nSPS) is 11.3. The van der Waals surface area contributed by atoms with Crippen molar-refractivity contribution in [2.45, 2.75) is 26.2 Å². The van der Waals surface area contributed by atoms with Crippen molar-refractivity contribution in [3.63, 3.8) is 0 Å². The summed E-state index contributed by atoms with van der Waals surface area (Å²) in [4.78, 5) is 22.3. The number of carboxylic acids is 1. The van der Waals surface area contributed by atoms with E-state index in [9.17, 15) is 20.0 Å². The molecule has 0 amide bonds. The van der Waals surface area contributed by atoms with Crippen molar-refractivity contribution in [1.82, 2.24) is 0 Å². The summed E-state index contributed by atoms with van der Waals surface area (Å²) in [5.74, 6) is -1.52. The van der Waals surface area contributed by atoms with Gasteiger partial charge in [-0.3, -0.25) is 4.79 Å². The third kappa shape index (κ3) is 5.82. The lowest BCUT2D eigenvalue weighted by atomic mass is 9.92. The van der Waals surface area contributed by atoms with Gasteiger partial charge in [-0.1, -0.05) is 54.6 Å². The predicted octanol–water partition coefficient (Wildman–Crippen LogP) is 3.98. The number of esters is 1. The smallest absolute Gasteiger partial charge is 0.347 e. The molecule has 0 spiro atoms. The highest BCUT2D eigenvalue weighted by Gasteiger charge is 2.17. The van der Waals surface area contributed by atoms with E-state index in [4.69, 9.17) is 4.74 Å². The second-order valence-electron chi connectivity index (χ2n) is 6.03. The number of unbranched alkanes of at least 4 members (excludes halogenated alkanes) is 1. The highest BCUT2D eigenvalue weighted by molar-refractivity contribution is 6.04. The molecule has 0 heterocycles. The van der Waals surface area contributed by atoms with E-state index in [1.54, 1.807) is 12.1 Å². The summed E-state index contributed by atoms with van der Waals surface area (Å²) in [6.45, 7) is 1.81. The molecule has 0 radical (unpaired) electrons. The molecule has 0 bridgehead atoms. The van der Waals surface area contributed by atoms with Crippen LogP contribution in [0.15, 0.2) is 60.2 Å². The second-order valence-corrected chi connectivity index (χ2v) is 6.03. The summed E-state index contributed by atoms with van der Waals surface area (Å²) in [6.07, 6.45) is 2.50. The Morgan fingerprint density at radius 3 is 2.19 bits per heavy atom. The third-order valence-corrected chi connectivity index (χ3v) is 4.05. The molecule has 0 saturated heterocycles. The number of nitriles is 1. The number of hydrogen-bond acceptors (Lipinski definition) is 4.